The van der Waals surface area contributed by atoms with E-state index in [0.29, 0.717) is 17.1 Å². The number of carbonyl (C=O) groups is 1. The Hall–Kier alpha value is -1.55. The summed E-state index contributed by atoms with van der Waals surface area (Å²) in [4.78, 5) is 12.4. The first kappa shape index (κ1) is 13.9. The molecule has 0 fully saturated rings. The van der Waals surface area contributed by atoms with Crippen molar-refractivity contribution in [2.75, 3.05) is 13.3 Å². The Kier molecular flexibility index (Phi) is 4.80. The summed E-state index contributed by atoms with van der Waals surface area (Å²) >= 11 is 0. The number of unbranched alkanes of at least 4 members (excludes halogenated alkanes) is 1. The molecule has 0 radical (unpaired) electrons. The van der Waals surface area contributed by atoms with Crippen molar-refractivity contribution in [3.05, 3.63) is 23.8 Å². The number of Topliss-reactive ketones (excluding diaryl/α,β-unsaturated/α-hetero) is 1. The van der Waals surface area contributed by atoms with Crippen LogP contribution in [0.15, 0.2) is 18.2 Å². The average molecular weight is 263 g/mol. The summed E-state index contributed by atoms with van der Waals surface area (Å²) in [7, 11) is 0. The van der Waals surface area contributed by atoms with E-state index in [1.807, 2.05) is 6.92 Å². The van der Waals surface area contributed by atoms with E-state index < -0.39 is 0 Å². The van der Waals surface area contributed by atoms with Crippen LogP contribution in [0, 0.1) is 0 Å². The number of ketones is 1. The molecule has 19 heavy (non-hydrogen) atoms. The molecule has 1 aliphatic rings. The van der Waals surface area contributed by atoms with Gasteiger partial charge < -0.3 is 14.8 Å². The number of ether oxygens (including phenoxy) is 2. The fraction of sp³-hybridized carbons (Fsp3) is 0.533. The molecule has 0 spiro atoms. The van der Waals surface area contributed by atoms with E-state index in [4.69, 9.17) is 9.47 Å². The molecule has 1 aliphatic heterocycles. The van der Waals surface area contributed by atoms with Gasteiger partial charge in [0.15, 0.2) is 17.3 Å². The third-order valence-corrected chi connectivity index (χ3v) is 3.30. The molecule has 0 aromatic heterocycles. The monoisotopic (exact) mass is 263 g/mol. The first-order valence-electron chi connectivity index (χ1n) is 6.93. The number of rotatable bonds is 7. The van der Waals surface area contributed by atoms with Crippen molar-refractivity contribution in [2.45, 2.75) is 39.2 Å². The lowest BCUT2D eigenvalue weighted by atomic mass is 10.0. The van der Waals surface area contributed by atoms with Crippen LogP contribution in [-0.4, -0.2) is 25.2 Å². The lowest BCUT2D eigenvalue weighted by Crippen LogP contribution is -2.36. The van der Waals surface area contributed by atoms with Crippen LogP contribution in [0.25, 0.3) is 0 Å². The molecule has 0 saturated carbocycles. The van der Waals surface area contributed by atoms with Gasteiger partial charge in [0.25, 0.3) is 0 Å². The lowest BCUT2D eigenvalue weighted by Gasteiger charge is -2.15. The molecule has 0 saturated heterocycles. The topological polar surface area (TPSA) is 47.6 Å². The van der Waals surface area contributed by atoms with Gasteiger partial charge in [0.05, 0.1) is 6.04 Å². The Balaban J connectivity index is 2.04. The molecule has 1 heterocycles. The highest BCUT2D eigenvalue weighted by Crippen LogP contribution is 2.32. The van der Waals surface area contributed by atoms with Gasteiger partial charge in [-0.05, 0) is 37.6 Å². The molecule has 104 valence electrons. The zero-order chi connectivity index (χ0) is 13.7. The Morgan fingerprint density at radius 1 is 1.32 bits per heavy atom. The smallest absolute Gasteiger partial charge is 0.231 e. The quantitative estimate of drug-likeness (QED) is 0.607. The molecule has 4 heteroatoms. The van der Waals surface area contributed by atoms with Crippen LogP contribution in [0.2, 0.25) is 0 Å². The second-order valence-corrected chi connectivity index (χ2v) is 4.70. The van der Waals surface area contributed by atoms with Crippen LogP contribution in [-0.2, 0) is 0 Å². The largest absolute Gasteiger partial charge is 0.454 e. The van der Waals surface area contributed by atoms with Gasteiger partial charge in [-0.1, -0.05) is 20.3 Å². The summed E-state index contributed by atoms with van der Waals surface area (Å²) in [5, 5.41) is 3.31. The Labute approximate surface area is 114 Å². The van der Waals surface area contributed by atoms with Crippen LogP contribution >= 0.6 is 0 Å². The minimum Gasteiger partial charge on any atom is -0.454 e. The summed E-state index contributed by atoms with van der Waals surface area (Å²) in [6, 6.07) is 5.26. The number of carbonyl (C=O) groups excluding carboxylic acids is 1. The van der Waals surface area contributed by atoms with Gasteiger partial charge in [0.2, 0.25) is 6.79 Å². The molecular weight excluding hydrogens is 242 g/mol. The average Bonchev–Trinajstić information content (AvgIpc) is 2.90. The minimum atomic E-state index is -0.119. The third-order valence-electron chi connectivity index (χ3n) is 3.30. The van der Waals surface area contributed by atoms with Gasteiger partial charge in [0, 0.05) is 5.56 Å². The van der Waals surface area contributed by atoms with Gasteiger partial charge in [0.1, 0.15) is 0 Å². The SMILES string of the molecule is CCCCNC(CC)C(=O)c1ccc2c(c1)OCO2. The van der Waals surface area contributed by atoms with Crippen molar-refractivity contribution < 1.29 is 14.3 Å². The maximum atomic E-state index is 12.4. The van der Waals surface area contributed by atoms with Crippen molar-refractivity contribution in [2.24, 2.45) is 0 Å². The van der Waals surface area contributed by atoms with E-state index in [1.165, 1.54) is 0 Å². The van der Waals surface area contributed by atoms with Gasteiger partial charge in [-0.2, -0.15) is 0 Å². The number of benzene rings is 1. The molecule has 1 aromatic rings. The molecule has 4 nitrogen and oxygen atoms in total. The van der Waals surface area contributed by atoms with Crippen LogP contribution in [0.5, 0.6) is 11.5 Å². The molecule has 0 amide bonds. The molecule has 1 atom stereocenters. The van der Waals surface area contributed by atoms with Gasteiger partial charge in [-0.3, -0.25) is 4.79 Å². The molecule has 1 unspecified atom stereocenters. The summed E-state index contributed by atoms with van der Waals surface area (Å²) in [5.41, 5.74) is 0.681. The van der Waals surface area contributed by atoms with Gasteiger partial charge >= 0.3 is 0 Å². The van der Waals surface area contributed by atoms with E-state index in [9.17, 15) is 4.79 Å². The van der Waals surface area contributed by atoms with E-state index in [1.54, 1.807) is 18.2 Å². The number of fused-ring (bicyclic) bond motifs is 1. The number of nitrogens with one attached hydrogen (secondary N) is 1. The lowest BCUT2D eigenvalue weighted by molar-refractivity contribution is 0.0940. The first-order valence-corrected chi connectivity index (χ1v) is 6.93. The van der Waals surface area contributed by atoms with Crippen molar-refractivity contribution in [1.29, 1.82) is 0 Å². The molecule has 0 bridgehead atoms. The van der Waals surface area contributed by atoms with Crippen molar-refractivity contribution in [3.8, 4) is 11.5 Å². The fourth-order valence-corrected chi connectivity index (χ4v) is 2.13. The third kappa shape index (κ3) is 3.26. The van der Waals surface area contributed by atoms with Crippen molar-refractivity contribution in [1.82, 2.24) is 5.32 Å². The summed E-state index contributed by atoms with van der Waals surface area (Å²) in [5.74, 6) is 1.50. The van der Waals surface area contributed by atoms with E-state index in [0.717, 1.165) is 25.8 Å². The van der Waals surface area contributed by atoms with Crippen LogP contribution < -0.4 is 14.8 Å². The second-order valence-electron chi connectivity index (χ2n) is 4.70. The Morgan fingerprint density at radius 2 is 2.11 bits per heavy atom. The Morgan fingerprint density at radius 3 is 2.84 bits per heavy atom. The van der Waals surface area contributed by atoms with Gasteiger partial charge in [-0.25, -0.2) is 0 Å². The van der Waals surface area contributed by atoms with Crippen molar-refractivity contribution >= 4 is 5.78 Å². The highest BCUT2D eigenvalue weighted by Gasteiger charge is 2.21. The van der Waals surface area contributed by atoms with Crippen LogP contribution in [0.4, 0.5) is 0 Å². The van der Waals surface area contributed by atoms with E-state index in [2.05, 4.69) is 12.2 Å². The molecule has 2 rings (SSSR count). The maximum Gasteiger partial charge on any atom is 0.231 e. The predicted octanol–water partition coefficient (Wildman–Crippen LogP) is 2.77. The molecule has 1 N–H and O–H groups in total. The number of hydrogen-bond acceptors (Lipinski definition) is 4. The second kappa shape index (κ2) is 6.57. The highest BCUT2D eigenvalue weighted by atomic mass is 16.7. The highest BCUT2D eigenvalue weighted by molar-refractivity contribution is 6.00. The first-order chi connectivity index (χ1) is 9.26. The van der Waals surface area contributed by atoms with E-state index >= 15 is 0 Å². The van der Waals surface area contributed by atoms with Crippen LogP contribution in [0.3, 0.4) is 0 Å². The fourth-order valence-electron chi connectivity index (χ4n) is 2.13. The zero-order valence-electron chi connectivity index (χ0n) is 11.6. The minimum absolute atomic E-state index is 0.119. The molecule has 0 aliphatic carbocycles. The number of hydrogen-bond donors (Lipinski definition) is 1. The summed E-state index contributed by atoms with van der Waals surface area (Å²) in [6.07, 6.45) is 3.00. The maximum absolute atomic E-state index is 12.4. The predicted molar refractivity (Wildman–Crippen MR) is 73.9 cm³/mol. The molecular formula is C15H21NO3. The van der Waals surface area contributed by atoms with Gasteiger partial charge in [-0.15, -0.1) is 0 Å². The van der Waals surface area contributed by atoms with Crippen LogP contribution in [0.1, 0.15) is 43.5 Å². The normalized spacial score (nSPS) is 14.4. The van der Waals surface area contributed by atoms with E-state index in [-0.39, 0.29) is 18.6 Å². The summed E-state index contributed by atoms with van der Waals surface area (Å²) < 4.78 is 10.6. The standard InChI is InChI=1S/C15H21NO3/c1-3-5-8-16-12(4-2)15(17)11-6-7-13-14(9-11)19-10-18-13/h6-7,9,12,16H,3-5,8,10H2,1-2H3. The summed E-state index contributed by atoms with van der Waals surface area (Å²) in [6.45, 7) is 5.28. The molecule has 1 aromatic carbocycles. The van der Waals surface area contributed by atoms with Crippen molar-refractivity contribution in [3.63, 3.8) is 0 Å². The zero-order valence-corrected chi connectivity index (χ0v) is 11.6. The Bertz CT molecular complexity index is 445.